The minimum atomic E-state index is -0.480. The number of aromatic nitrogens is 1. The molecule has 1 aromatic heterocycles. The molecule has 1 aliphatic carbocycles. The lowest BCUT2D eigenvalue weighted by Crippen LogP contribution is -2.59. The van der Waals surface area contributed by atoms with E-state index in [1.807, 2.05) is 19.2 Å². The maximum Gasteiger partial charge on any atom is 0.267 e. The van der Waals surface area contributed by atoms with Crippen LogP contribution < -0.4 is 5.73 Å². The Morgan fingerprint density at radius 1 is 1.42 bits per heavy atom. The molecule has 2 N–H and O–H groups in total. The molecule has 1 aliphatic heterocycles. The number of nitrogens with zero attached hydrogens (tertiary/aromatic N) is 2. The van der Waals surface area contributed by atoms with Gasteiger partial charge in [-0.3, -0.25) is 9.78 Å². The van der Waals surface area contributed by atoms with E-state index in [2.05, 4.69) is 16.8 Å². The highest BCUT2D eigenvalue weighted by atomic mass is 35.5. The maximum atomic E-state index is 11.5. The van der Waals surface area contributed by atoms with Crippen molar-refractivity contribution in [3.63, 3.8) is 0 Å². The highest BCUT2D eigenvalue weighted by Crippen LogP contribution is 2.51. The first kappa shape index (κ1) is 19.2. The summed E-state index contributed by atoms with van der Waals surface area (Å²) < 4.78 is 6.19. The number of rotatable bonds is 5. The summed E-state index contributed by atoms with van der Waals surface area (Å²) in [4.78, 5) is 18.2. The highest BCUT2D eigenvalue weighted by molar-refractivity contribution is 5.90. The van der Waals surface area contributed by atoms with Crippen LogP contribution in [-0.4, -0.2) is 42.5 Å². The summed E-state index contributed by atoms with van der Waals surface area (Å²) in [6, 6.07) is 3.84. The van der Waals surface area contributed by atoms with E-state index in [1.54, 1.807) is 6.20 Å². The molecule has 1 aromatic rings. The first-order chi connectivity index (χ1) is 11.1. The van der Waals surface area contributed by atoms with Gasteiger partial charge in [0.25, 0.3) is 5.91 Å². The number of halogens is 1. The average molecular weight is 354 g/mol. The number of ether oxygens (including phenoxy) is 1. The fourth-order valence-electron chi connectivity index (χ4n) is 4.75. The predicted octanol–water partition coefficient (Wildman–Crippen LogP) is 2.59. The van der Waals surface area contributed by atoms with Crippen LogP contribution in [0.5, 0.6) is 0 Å². The van der Waals surface area contributed by atoms with Gasteiger partial charge in [0.2, 0.25) is 0 Å². The molecule has 134 valence electrons. The van der Waals surface area contributed by atoms with Crippen molar-refractivity contribution in [3.05, 3.63) is 29.6 Å². The summed E-state index contributed by atoms with van der Waals surface area (Å²) in [6.45, 7) is 5.50. The van der Waals surface area contributed by atoms with Crippen molar-refractivity contribution in [2.24, 2.45) is 17.6 Å². The molecule has 0 spiro atoms. The highest BCUT2D eigenvalue weighted by Gasteiger charge is 2.53. The first-order valence-corrected chi connectivity index (χ1v) is 8.65. The Hall–Kier alpha value is -1.17. The first-order valence-electron chi connectivity index (χ1n) is 8.65. The molecular weight excluding hydrogens is 326 g/mol. The lowest BCUT2D eigenvalue weighted by Gasteiger charge is -2.55. The van der Waals surface area contributed by atoms with Crippen LogP contribution in [-0.2, 0) is 10.3 Å². The standard InChI is InChI=1S/C18H27N3O2.ClH/c1-3-9-21-11-14-5-4-6-15(12-21)18(14,23-2)13-7-8-20-16(10-13)17(19)22;/h7-8,10,14-15H,3-6,9,11-12H2,1-2H3,(H2,19,22);1H/t14-,15+,18?;. The molecule has 2 aliphatic rings. The molecule has 24 heavy (non-hydrogen) atoms. The number of amides is 1. The zero-order chi connectivity index (χ0) is 16.4. The summed E-state index contributed by atoms with van der Waals surface area (Å²) in [5.41, 5.74) is 6.51. The molecule has 2 fully saturated rings. The van der Waals surface area contributed by atoms with Gasteiger partial charge in [-0.25, -0.2) is 0 Å². The number of pyridine rings is 1. The molecule has 2 heterocycles. The molecule has 5 nitrogen and oxygen atoms in total. The van der Waals surface area contributed by atoms with Crippen LogP contribution in [0.2, 0.25) is 0 Å². The summed E-state index contributed by atoms with van der Waals surface area (Å²) in [5, 5.41) is 0. The van der Waals surface area contributed by atoms with Gasteiger partial charge in [0.05, 0.1) is 0 Å². The average Bonchev–Trinajstić information content (AvgIpc) is 2.54. The van der Waals surface area contributed by atoms with E-state index in [4.69, 9.17) is 10.5 Å². The van der Waals surface area contributed by atoms with Gasteiger partial charge in [0, 0.05) is 38.2 Å². The maximum absolute atomic E-state index is 11.5. The third kappa shape index (κ3) is 3.17. The number of primary amides is 1. The van der Waals surface area contributed by atoms with Gasteiger partial charge < -0.3 is 15.4 Å². The van der Waals surface area contributed by atoms with E-state index >= 15 is 0 Å². The van der Waals surface area contributed by atoms with Crippen LogP contribution in [0.1, 0.15) is 48.7 Å². The zero-order valence-electron chi connectivity index (χ0n) is 14.5. The van der Waals surface area contributed by atoms with E-state index in [-0.39, 0.29) is 18.0 Å². The van der Waals surface area contributed by atoms with Crippen LogP contribution in [0.15, 0.2) is 18.3 Å². The number of carbonyl (C=O) groups excluding carboxylic acids is 1. The minimum Gasteiger partial charge on any atom is -0.373 e. The van der Waals surface area contributed by atoms with Gasteiger partial charge in [0.1, 0.15) is 11.3 Å². The Kier molecular flexibility index (Phi) is 6.23. The lowest BCUT2D eigenvalue weighted by molar-refractivity contribution is -0.168. The number of likely N-dealkylation sites (tertiary alicyclic amines) is 1. The van der Waals surface area contributed by atoms with Crippen molar-refractivity contribution >= 4 is 18.3 Å². The fourth-order valence-corrected chi connectivity index (χ4v) is 4.75. The van der Waals surface area contributed by atoms with Crippen LogP contribution in [0.25, 0.3) is 0 Å². The van der Waals surface area contributed by atoms with Crippen LogP contribution in [0.3, 0.4) is 0 Å². The van der Waals surface area contributed by atoms with E-state index in [0.29, 0.717) is 17.5 Å². The number of methoxy groups -OCH3 is 1. The second-order valence-corrected chi connectivity index (χ2v) is 6.88. The summed E-state index contributed by atoms with van der Waals surface area (Å²) >= 11 is 0. The van der Waals surface area contributed by atoms with Gasteiger partial charge in [-0.05, 0) is 43.5 Å². The fraction of sp³-hybridized carbons (Fsp3) is 0.667. The third-order valence-corrected chi connectivity index (χ3v) is 5.62. The van der Waals surface area contributed by atoms with Crippen molar-refractivity contribution in [2.45, 2.75) is 38.2 Å². The predicted molar refractivity (Wildman–Crippen MR) is 96.3 cm³/mol. The molecule has 1 saturated heterocycles. The molecule has 2 bridgehead atoms. The number of hydrogen-bond donors (Lipinski definition) is 1. The molecule has 6 heteroatoms. The van der Waals surface area contributed by atoms with Gasteiger partial charge in [-0.1, -0.05) is 13.3 Å². The summed E-state index contributed by atoms with van der Waals surface area (Å²) in [7, 11) is 1.81. The van der Waals surface area contributed by atoms with Crippen molar-refractivity contribution in [2.75, 3.05) is 26.7 Å². The van der Waals surface area contributed by atoms with Gasteiger partial charge >= 0.3 is 0 Å². The van der Waals surface area contributed by atoms with E-state index in [0.717, 1.165) is 25.2 Å². The molecule has 1 unspecified atom stereocenters. The van der Waals surface area contributed by atoms with Crippen molar-refractivity contribution in [1.82, 2.24) is 9.88 Å². The van der Waals surface area contributed by atoms with Crippen molar-refractivity contribution < 1.29 is 9.53 Å². The molecule has 0 radical (unpaired) electrons. The monoisotopic (exact) mass is 353 g/mol. The number of piperidine rings is 1. The number of nitrogens with two attached hydrogens (primary N) is 1. The third-order valence-electron chi connectivity index (χ3n) is 5.62. The molecule has 3 atom stereocenters. The molecule has 1 amide bonds. The molecule has 1 saturated carbocycles. The second-order valence-electron chi connectivity index (χ2n) is 6.88. The largest absolute Gasteiger partial charge is 0.373 e. The van der Waals surface area contributed by atoms with Crippen molar-refractivity contribution in [1.29, 1.82) is 0 Å². The van der Waals surface area contributed by atoms with Gasteiger partial charge in [0.15, 0.2) is 0 Å². The van der Waals surface area contributed by atoms with E-state index in [9.17, 15) is 4.79 Å². The molecule has 0 aromatic carbocycles. The quantitative estimate of drug-likeness (QED) is 0.883. The minimum absolute atomic E-state index is 0. The topological polar surface area (TPSA) is 68.4 Å². The van der Waals surface area contributed by atoms with Crippen LogP contribution in [0, 0.1) is 11.8 Å². The lowest BCUT2D eigenvalue weighted by atomic mass is 9.62. The second kappa shape index (κ2) is 7.81. The van der Waals surface area contributed by atoms with Crippen LogP contribution >= 0.6 is 12.4 Å². The normalized spacial score (nSPS) is 29.8. The van der Waals surface area contributed by atoms with Crippen molar-refractivity contribution in [3.8, 4) is 0 Å². The van der Waals surface area contributed by atoms with Crippen LogP contribution in [0.4, 0.5) is 0 Å². The van der Waals surface area contributed by atoms with Gasteiger partial charge in [-0.15, -0.1) is 12.4 Å². The Morgan fingerprint density at radius 3 is 2.62 bits per heavy atom. The zero-order valence-corrected chi connectivity index (χ0v) is 15.3. The Bertz CT molecular complexity index is 567. The molecule has 3 rings (SSSR count). The Labute approximate surface area is 150 Å². The SMILES string of the molecule is CCCN1C[C@H]2CCC[C@@H](C1)C2(OC)c1ccnc(C(N)=O)c1.Cl. The number of fused-ring (bicyclic) bond motifs is 2. The van der Waals surface area contributed by atoms with E-state index in [1.165, 1.54) is 25.7 Å². The Morgan fingerprint density at radius 2 is 2.08 bits per heavy atom. The number of carbonyl (C=O) groups is 1. The smallest absolute Gasteiger partial charge is 0.267 e. The Balaban J connectivity index is 0.00000208. The summed E-state index contributed by atoms with van der Waals surface area (Å²) in [5.74, 6) is 0.427. The molecular formula is C18H28ClN3O2. The van der Waals surface area contributed by atoms with E-state index < -0.39 is 5.91 Å². The van der Waals surface area contributed by atoms with Gasteiger partial charge in [-0.2, -0.15) is 0 Å². The summed E-state index contributed by atoms with van der Waals surface area (Å²) in [6.07, 6.45) is 6.45. The number of hydrogen-bond acceptors (Lipinski definition) is 4.